The lowest BCUT2D eigenvalue weighted by molar-refractivity contribution is -0.664. The minimum absolute atomic E-state index is 0.0855. The van der Waals surface area contributed by atoms with Crippen LogP contribution in [0, 0.1) is 12.8 Å². The van der Waals surface area contributed by atoms with E-state index in [1.54, 1.807) is 0 Å². The Labute approximate surface area is 235 Å². The maximum Gasteiger partial charge on any atom is 0.262 e. The predicted molar refractivity (Wildman–Crippen MR) is 157 cm³/mol. The second-order valence-electron chi connectivity index (χ2n) is 11.4. The molecule has 1 aromatic heterocycles. The van der Waals surface area contributed by atoms with Gasteiger partial charge in [0.05, 0.1) is 30.6 Å². The van der Waals surface area contributed by atoms with Gasteiger partial charge in [-0.25, -0.2) is 0 Å². The molecule has 4 N–H and O–H groups in total. The number of nitrogens with two attached hydrogens (primary N) is 1. The molecule has 0 spiro atoms. The van der Waals surface area contributed by atoms with Gasteiger partial charge in [-0.2, -0.15) is 0 Å². The Morgan fingerprint density at radius 1 is 1.08 bits per heavy atom. The number of fused-ring (bicyclic) bond motifs is 1. The number of aryl methyl sites for hydroxylation is 1. The number of carbonyl (C=O) groups is 2. The third-order valence-electron chi connectivity index (χ3n) is 8.35. The van der Waals surface area contributed by atoms with Gasteiger partial charge in [0.2, 0.25) is 5.91 Å². The van der Waals surface area contributed by atoms with E-state index in [2.05, 4.69) is 53.2 Å². The van der Waals surface area contributed by atoms with Crippen LogP contribution in [-0.2, 0) is 16.0 Å². The van der Waals surface area contributed by atoms with E-state index < -0.39 is 5.54 Å². The van der Waals surface area contributed by atoms with E-state index in [4.69, 9.17) is 4.74 Å². The number of ether oxygens (including phenoxy) is 1. The van der Waals surface area contributed by atoms with Crippen LogP contribution in [0.4, 0.5) is 0 Å². The van der Waals surface area contributed by atoms with E-state index in [9.17, 15) is 9.59 Å². The number of benzene rings is 2. The van der Waals surface area contributed by atoms with Gasteiger partial charge in [0.1, 0.15) is 5.54 Å². The largest absolute Gasteiger partial charge is 0.379 e. The van der Waals surface area contributed by atoms with Crippen molar-refractivity contribution < 1.29 is 19.6 Å². The average Bonchev–Trinajstić information content (AvgIpc) is 3.60. The Balaban J connectivity index is 1.24. The van der Waals surface area contributed by atoms with E-state index in [0.717, 1.165) is 41.9 Å². The first-order valence-corrected chi connectivity index (χ1v) is 15.4. The van der Waals surface area contributed by atoms with Gasteiger partial charge in [-0.15, -0.1) is 11.3 Å². The van der Waals surface area contributed by atoms with Crippen LogP contribution in [0.3, 0.4) is 0 Å². The topological polar surface area (TPSA) is 84.0 Å². The molecule has 6 nitrogen and oxygen atoms in total. The van der Waals surface area contributed by atoms with Crippen molar-refractivity contribution in [2.75, 3.05) is 26.3 Å². The van der Waals surface area contributed by atoms with Crippen LogP contribution in [0.5, 0.6) is 0 Å². The van der Waals surface area contributed by atoms with Crippen molar-refractivity contribution >= 4 is 33.2 Å². The van der Waals surface area contributed by atoms with Crippen LogP contribution < -0.4 is 16.0 Å². The lowest BCUT2D eigenvalue weighted by Gasteiger charge is -2.31. The summed E-state index contributed by atoms with van der Waals surface area (Å²) in [7, 11) is 0. The number of carbonyl (C=O) groups excluding carboxylic acids is 2. The maximum atomic E-state index is 13.9. The molecular weight excluding hydrogens is 506 g/mol. The van der Waals surface area contributed by atoms with E-state index in [1.807, 2.05) is 24.3 Å². The zero-order valence-electron chi connectivity index (χ0n) is 23.0. The molecule has 2 heterocycles. The van der Waals surface area contributed by atoms with Gasteiger partial charge in [0.15, 0.2) is 0 Å². The van der Waals surface area contributed by atoms with E-state index in [-0.39, 0.29) is 17.9 Å². The highest BCUT2D eigenvalue weighted by atomic mass is 32.1. The van der Waals surface area contributed by atoms with Crippen LogP contribution in [0.15, 0.2) is 54.6 Å². The summed E-state index contributed by atoms with van der Waals surface area (Å²) in [6.07, 6.45) is 7.47. The van der Waals surface area contributed by atoms with Crippen LogP contribution in [0.1, 0.15) is 65.7 Å². The lowest BCUT2D eigenvalue weighted by Crippen LogP contribution is -2.86. The fourth-order valence-corrected chi connectivity index (χ4v) is 7.11. The van der Waals surface area contributed by atoms with Crippen molar-refractivity contribution in [3.05, 3.63) is 70.6 Å². The van der Waals surface area contributed by atoms with Crippen molar-refractivity contribution in [1.29, 1.82) is 0 Å². The first-order chi connectivity index (χ1) is 19.0. The molecule has 1 aliphatic heterocycles. The Morgan fingerprint density at radius 3 is 2.62 bits per heavy atom. The Hall–Kier alpha value is -2.74. The summed E-state index contributed by atoms with van der Waals surface area (Å²) < 4.78 is 7.24. The number of thiophene rings is 1. The molecular formula is C32H42N3O3S+. The summed E-state index contributed by atoms with van der Waals surface area (Å²) in [5, 5.41) is 9.93. The molecule has 0 unspecified atom stereocenters. The summed E-state index contributed by atoms with van der Waals surface area (Å²) in [5.74, 6) is 0.496. The van der Waals surface area contributed by atoms with Crippen LogP contribution in [0.2, 0.25) is 0 Å². The molecule has 5 rings (SSSR count). The fourth-order valence-electron chi connectivity index (χ4n) is 6.05. The van der Waals surface area contributed by atoms with Gasteiger partial charge in [-0.3, -0.25) is 9.59 Å². The molecule has 1 saturated heterocycles. The zero-order chi connectivity index (χ0) is 27.1. The number of hydrogen-bond donors (Lipinski definition) is 3. The minimum atomic E-state index is -0.878. The van der Waals surface area contributed by atoms with Gasteiger partial charge < -0.3 is 20.7 Å². The summed E-state index contributed by atoms with van der Waals surface area (Å²) in [5.41, 5.74) is 1.46. The SMILES string of the molecule is Cc1ccc2cc(C(=O)NC3(C(=O)N[C@@H](COCCC4CC[NH2+]CC4)Cc4ccccc4)CCCC3)sc2c1. The number of rotatable bonds is 11. The predicted octanol–water partition coefficient (Wildman–Crippen LogP) is 4.36. The Morgan fingerprint density at radius 2 is 1.85 bits per heavy atom. The maximum absolute atomic E-state index is 13.9. The van der Waals surface area contributed by atoms with E-state index >= 15 is 0 Å². The van der Waals surface area contributed by atoms with Crippen LogP contribution in [-0.4, -0.2) is 49.7 Å². The lowest BCUT2D eigenvalue weighted by atomic mass is 9.94. The van der Waals surface area contributed by atoms with E-state index in [0.29, 0.717) is 30.7 Å². The summed E-state index contributed by atoms with van der Waals surface area (Å²) in [4.78, 5) is 27.9. The van der Waals surface area contributed by atoms with Gasteiger partial charge >= 0.3 is 0 Å². The normalized spacial score (nSPS) is 18.2. The first-order valence-electron chi connectivity index (χ1n) is 14.6. The zero-order valence-corrected chi connectivity index (χ0v) is 23.9. The van der Waals surface area contributed by atoms with Crippen molar-refractivity contribution in [2.45, 2.75) is 69.9 Å². The molecule has 2 aromatic carbocycles. The third kappa shape index (κ3) is 7.27. The molecule has 3 aromatic rings. The number of piperidine rings is 1. The quantitative estimate of drug-likeness (QED) is 0.312. The molecule has 1 atom stereocenters. The fraction of sp³-hybridized carbons (Fsp3) is 0.500. The van der Waals surface area contributed by atoms with Gasteiger partial charge in [0, 0.05) is 11.3 Å². The van der Waals surface area contributed by atoms with Crippen molar-refractivity contribution in [1.82, 2.24) is 10.6 Å². The first kappa shape index (κ1) is 27.8. The smallest absolute Gasteiger partial charge is 0.262 e. The van der Waals surface area contributed by atoms with Crippen LogP contribution in [0.25, 0.3) is 10.1 Å². The molecule has 2 fully saturated rings. The van der Waals surface area contributed by atoms with Crippen molar-refractivity contribution in [2.24, 2.45) is 5.92 Å². The standard InChI is InChI=1S/C32H41N3O3S/c1-23-9-10-26-21-29(39-28(26)19-23)30(36)35-32(14-5-6-15-32)31(37)34-27(20-25-7-3-2-4-8-25)22-38-18-13-24-11-16-33-17-12-24/h2-4,7-10,19,21,24,27,33H,5-6,11-18,20,22H2,1H3,(H,34,37)(H,35,36)/p+1/t27-/m1/s1. The van der Waals surface area contributed by atoms with Crippen molar-refractivity contribution in [3.8, 4) is 0 Å². The molecule has 0 bridgehead atoms. The Bertz CT molecular complexity index is 1250. The highest BCUT2D eigenvalue weighted by Gasteiger charge is 2.43. The highest BCUT2D eigenvalue weighted by Crippen LogP contribution is 2.32. The summed E-state index contributed by atoms with van der Waals surface area (Å²) in [6, 6.07) is 18.3. The van der Waals surface area contributed by atoms with Gasteiger partial charge in [-0.05, 0) is 80.0 Å². The highest BCUT2D eigenvalue weighted by molar-refractivity contribution is 7.20. The number of quaternary nitrogens is 1. The molecule has 1 aliphatic carbocycles. The molecule has 2 amide bonds. The number of nitrogens with one attached hydrogen (secondary N) is 2. The average molecular weight is 549 g/mol. The van der Waals surface area contributed by atoms with E-state index in [1.165, 1.54) is 48.4 Å². The van der Waals surface area contributed by atoms with Crippen molar-refractivity contribution in [3.63, 3.8) is 0 Å². The summed E-state index contributed by atoms with van der Waals surface area (Å²) >= 11 is 1.49. The summed E-state index contributed by atoms with van der Waals surface area (Å²) in [6.45, 7) is 5.68. The molecule has 1 saturated carbocycles. The minimum Gasteiger partial charge on any atom is -0.379 e. The van der Waals surface area contributed by atoms with Gasteiger partial charge in [0.25, 0.3) is 5.91 Å². The molecule has 2 aliphatic rings. The molecule has 39 heavy (non-hydrogen) atoms. The van der Waals surface area contributed by atoms with Crippen LogP contribution >= 0.6 is 11.3 Å². The second-order valence-corrected chi connectivity index (χ2v) is 12.5. The molecule has 0 radical (unpaired) electrons. The second kappa shape index (κ2) is 13.1. The molecule has 208 valence electrons. The third-order valence-corrected chi connectivity index (χ3v) is 9.45. The number of hydrogen-bond acceptors (Lipinski definition) is 4. The Kier molecular flexibility index (Phi) is 9.32. The van der Waals surface area contributed by atoms with Gasteiger partial charge in [-0.1, -0.05) is 55.3 Å². The monoisotopic (exact) mass is 548 g/mol. The number of amides is 2. The molecule has 7 heteroatoms.